The first-order valence-electron chi connectivity index (χ1n) is 6.79. The van der Waals surface area contributed by atoms with Gasteiger partial charge < -0.3 is 5.32 Å². The summed E-state index contributed by atoms with van der Waals surface area (Å²) in [4.78, 5) is 11.8. The molecule has 0 atom stereocenters. The molecule has 0 radical (unpaired) electrons. The van der Waals surface area contributed by atoms with Crippen LogP contribution in [-0.2, 0) is 4.79 Å². The van der Waals surface area contributed by atoms with E-state index in [0.717, 1.165) is 18.4 Å². The van der Waals surface area contributed by atoms with Gasteiger partial charge in [0.25, 0.3) is 0 Å². The molecule has 0 aliphatic heterocycles. The predicted octanol–water partition coefficient (Wildman–Crippen LogP) is 3.46. The molecule has 0 bridgehead atoms. The van der Waals surface area contributed by atoms with Crippen molar-refractivity contribution in [2.75, 3.05) is 0 Å². The Balaban J connectivity index is 1.84. The smallest absolute Gasteiger partial charge is 0.244 e. The van der Waals surface area contributed by atoms with E-state index in [0.29, 0.717) is 6.04 Å². The van der Waals surface area contributed by atoms with E-state index in [1.54, 1.807) is 6.08 Å². The summed E-state index contributed by atoms with van der Waals surface area (Å²) in [6.45, 7) is 2.06. The standard InChI is InChI=1S/C16H21NO/c1-13-7-9-14(10-8-13)11-12-16(18)17-15-5-3-2-4-6-15/h7-12,15H,2-6H2,1H3,(H,17,18). The van der Waals surface area contributed by atoms with Gasteiger partial charge in [-0.15, -0.1) is 0 Å². The number of carbonyl (C=O) groups excluding carboxylic acids is 1. The fourth-order valence-corrected chi connectivity index (χ4v) is 2.35. The maximum atomic E-state index is 11.8. The minimum absolute atomic E-state index is 0.0301. The van der Waals surface area contributed by atoms with Crippen molar-refractivity contribution in [3.05, 3.63) is 41.5 Å². The highest BCUT2D eigenvalue weighted by Crippen LogP contribution is 2.17. The van der Waals surface area contributed by atoms with Crippen molar-refractivity contribution in [1.29, 1.82) is 0 Å². The van der Waals surface area contributed by atoms with Gasteiger partial charge in [0.15, 0.2) is 0 Å². The predicted molar refractivity (Wildman–Crippen MR) is 75.2 cm³/mol. The van der Waals surface area contributed by atoms with Crippen molar-refractivity contribution in [3.8, 4) is 0 Å². The van der Waals surface area contributed by atoms with Gasteiger partial charge in [-0.1, -0.05) is 49.1 Å². The van der Waals surface area contributed by atoms with Crippen LogP contribution in [0.15, 0.2) is 30.3 Å². The highest BCUT2D eigenvalue weighted by Gasteiger charge is 2.13. The molecule has 1 aromatic rings. The van der Waals surface area contributed by atoms with Crippen LogP contribution in [0.5, 0.6) is 0 Å². The Morgan fingerprint density at radius 2 is 1.83 bits per heavy atom. The van der Waals surface area contributed by atoms with Crippen LogP contribution in [0.25, 0.3) is 6.08 Å². The van der Waals surface area contributed by atoms with E-state index in [1.807, 2.05) is 18.2 Å². The maximum absolute atomic E-state index is 11.8. The summed E-state index contributed by atoms with van der Waals surface area (Å²) in [7, 11) is 0. The second kappa shape index (κ2) is 6.39. The van der Waals surface area contributed by atoms with Crippen molar-refractivity contribution in [1.82, 2.24) is 5.32 Å². The second-order valence-electron chi connectivity index (χ2n) is 5.09. The number of carbonyl (C=O) groups is 1. The first-order chi connectivity index (χ1) is 8.74. The van der Waals surface area contributed by atoms with Gasteiger partial charge >= 0.3 is 0 Å². The molecule has 18 heavy (non-hydrogen) atoms. The summed E-state index contributed by atoms with van der Waals surface area (Å²) in [5, 5.41) is 3.07. The summed E-state index contributed by atoms with van der Waals surface area (Å²) < 4.78 is 0. The number of hydrogen-bond acceptors (Lipinski definition) is 1. The topological polar surface area (TPSA) is 29.1 Å². The third-order valence-electron chi connectivity index (χ3n) is 3.46. The summed E-state index contributed by atoms with van der Waals surface area (Å²) >= 11 is 0. The lowest BCUT2D eigenvalue weighted by atomic mass is 9.95. The third-order valence-corrected chi connectivity index (χ3v) is 3.46. The molecule has 0 unspecified atom stereocenters. The molecule has 0 saturated heterocycles. The second-order valence-corrected chi connectivity index (χ2v) is 5.09. The van der Waals surface area contributed by atoms with Crippen LogP contribution in [0.2, 0.25) is 0 Å². The van der Waals surface area contributed by atoms with Crippen LogP contribution in [0.1, 0.15) is 43.2 Å². The largest absolute Gasteiger partial charge is 0.350 e. The number of amides is 1. The molecule has 1 aliphatic rings. The van der Waals surface area contributed by atoms with Gasteiger partial charge in [0, 0.05) is 12.1 Å². The van der Waals surface area contributed by atoms with Gasteiger partial charge in [-0.2, -0.15) is 0 Å². The van der Waals surface area contributed by atoms with E-state index in [4.69, 9.17) is 0 Å². The van der Waals surface area contributed by atoms with Gasteiger partial charge in [0.2, 0.25) is 5.91 Å². The minimum Gasteiger partial charge on any atom is -0.350 e. The minimum atomic E-state index is 0.0301. The summed E-state index contributed by atoms with van der Waals surface area (Å²) in [5.41, 5.74) is 2.30. The zero-order valence-electron chi connectivity index (χ0n) is 11.0. The third kappa shape index (κ3) is 4.02. The van der Waals surface area contributed by atoms with Crippen molar-refractivity contribution < 1.29 is 4.79 Å². The van der Waals surface area contributed by atoms with Crippen molar-refractivity contribution >= 4 is 12.0 Å². The average Bonchev–Trinajstić information content (AvgIpc) is 2.39. The molecular formula is C16H21NO. The fraction of sp³-hybridized carbons (Fsp3) is 0.438. The van der Waals surface area contributed by atoms with Crippen LogP contribution in [0, 0.1) is 6.92 Å². The number of rotatable bonds is 3. The molecule has 1 fully saturated rings. The molecule has 96 valence electrons. The molecule has 2 rings (SSSR count). The molecule has 1 saturated carbocycles. The Labute approximate surface area is 109 Å². The van der Waals surface area contributed by atoms with Gasteiger partial charge in [0.1, 0.15) is 0 Å². The van der Waals surface area contributed by atoms with E-state index in [-0.39, 0.29) is 5.91 Å². The highest BCUT2D eigenvalue weighted by molar-refractivity contribution is 5.91. The molecular weight excluding hydrogens is 222 g/mol. The first kappa shape index (κ1) is 12.9. The lowest BCUT2D eigenvalue weighted by Crippen LogP contribution is -2.34. The van der Waals surface area contributed by atoms with Crippen LogP contribution in [0.4, 0.5) is 0 Å². The van der Waals surface area contributed by atoms with Crippen LogP contribution in [0.3, 0.4) is 0 Å². The van der Waals surface area contributed by atoms with Crippen molar-refractivity contribution in [3.63, 3.8) is 0 Å². The van der Waals surface area contributed by atoms with Crippen LogP contribution >= 0.6 is 0 Å². The van der Waals surface area contributed by atoms with Crippen molar-refractivity contribution in [2.45, 2.75) is 45.1 Å². The molecule has 0 spiro atoms. The van der Waals surface area contributed by atoms with Gasteiger partial charge in [0.05, 0.1) is 0 Å². The van der Waals surface area contributed by atoms with Crippen LogP contribution in [-0.4, -0.2) is 11.9 Å². The Kier molecular flexibility index (Phi) is 4.57. The molecule has 2 heteroatoms. The molecule has 2 nitrogen and oxygen atoms in total. The SMILES string of the molecule is Cc1ccc(C=CC(=O)NC2CCCCC2)cc1. The zero-order valence-corrected chi connectivity index (χ0v) is 11.0. The maximum Gasteiger partial charge on any atom is 0.244 e. The molecule has 1 amide bonds. The lowest BCUT2D eigenvalue weighted by Gasteiger charge is -2.21. The Bertz CT molecular complexity index is 413. The number of nitrogens with one attached hydrogen (secondary N) is 1. The average molecular weight is 243 g/mol. The molecule has 0 heterocycles. The monoisotopic (exact) mass is 243 g/mol. The van der Waals surface area contributed by atoms with Gasteiger partial charge in [-0.05, 0) is 31.4 Å². The Hall–Kier alpha value is -1.57. The van der Waals surface area contributed by atoms with Gasteiger partial charge in [-0.3, -0.25) is 4.79 Å². The lowest BCUT2D eigenvalue weighted by molar-refractivity contribution is -0.117. The summed E-state index contributed by atoms with van der Waals surface area (Å²) in [6.07, 6.45) is 9.57. The first-order valence-corrected chi connectivity index (χ1v) is 6.79. The summed E-state index contributed by atoms with van der Waals surface area (Å²) in [5.74, 6) is 0.0301. The van der Waals surface area contributed by atoms with Crippen LogP contribution < -0.4 is 5.32 Å². The number of hydrogen-bond donors (Lipinski definition) is 1. The van der Waals surface area contributed by atoms with E-state index in [9.17, 15) is 4.79 Å². The molecule has 0 aromatic heterocycles. The van der Waals surface area contributed by atoms with Gasteiger partial charge in [-0.25, -0.2) is 0 Å². The molecule has 1 aromatic carbocycles. The zero-order chi connectivity index (χ0) is 12.8. The van der Waals surface area contributed by atoms with E-state index >= 15 is 0 Å². The summed E-state index contributed by atoms with van der Waals surface area (Å²) in [6, 6.07) is 8.55. The Morgan fingerprint density at radius 1 is 1.17 bits per heavy atom. The number of benzene rings is 1. The quantitative estimate of drug-likeness (QED) is 0.809. The normalized spacial score (nSPS) is 16.9. The van der Waals surface area contributed by atoms with E-state index in [1.165, 1.54) is 24.8 Å². The van der Waals surface area contributed by atoms with E-state index < -0.39 is 0 Å². The van der Waals surface area contributed by atoms with Crippen molar-refractivity contribution in [2.24, 2.45) is 0 Å². The Morgan fingerprint density at radius 3 is 2.50 bits per heavy atom. The number of aryl methyl sites for hydroxylation is 1. The molecule has 1 aliphatic carbocycles. The van der Waals surface area contributed by atoms with E-state index in [2.05, 4.69) is 24.4 Å². The molecule has 1 N–H and O–H groups in total. The fourth-order valence-electron chi connectivity index (χ4n) is 2.35. The highest BCUT2D eigenvalue weighted by atomic mass is 16.1.